The van der Waals surface area contributed by atoms with Crippen molar-refractivity contribution in [1.29, 1.82) is 0 Å². The second-order valence-corrected chi connectivity index (χ2v) is 9.69. The van der Waals surface area contributed by atoms with Gasteiger partial charge in [0.2, 0.25) is 0 Å². The minimum Gasteiger partial charge on any atom is -0.465 e. The van der Waals surface area contributed by atoms with Crippen LogP contribution in [0.2, 0.25) is 0 Å². The zero-order valence-corrected chi connectivity index (χ0v) is 19.1. The van der Waals surface area contributed by atoms with Gasteiger partial charge in [-0.25, -0.2) is 22.2 Å². The van der Waals surface area contributed by atoms with Crippen LogP contribution in [-0.2, 0) is 21.8 Å². The minimum absolute atomic E-state index is 0.174. The van der Waals surface area contributed by atoms with Gasteiger partial charge in [-0.2, -0.15) is 0 Å². The smallest absolute Gasteiger partial charge is 0.337 e. The lowest BCUT2D eigenvalue weighted by atomic mass is 10.1. The molecule has 0 aliphatic heterocycles. The zero-order valence-electron chi connectivity index (χ0n) is 18.3. The number of ether oxygens (including phenoxy) is 1. The van der Waals surface area contributed by atoms with E-state index in [1.54, 1.807) is 48.7 Å². The zero-order chi connectivity index (χ0) is 23.3. The van der Waals surface area contributed by atoms with Crippen molar-refractivity contribution in [2.75, 3.05) is 7.11 Å². The van der Waals surface area contributed by atoms with Crippen molar-refractivity contribution in [1.82, 2.24) is 13.5 Å². The third-order valence-corrected chi connectivity index (χ3v) is 7.48. The van der Waals surface area contributed by atoms with Gasteiger partial charge in [0.05, 0.1) is 23.3 Å². The first-order chi connectivity index (χ1) is 15.8. The summed E-state index contributed by atoms with van der Waals surface area (Å²) in [5, 5.41) is 1.44. The van der Waals surface area contributed by atoms with E-state index in [-0.39, 0.29) is 4.90 Å². The molecule has 8 heteroatoms. The van der Waals surface area contributed by atoms with Crippen LogP contribution >= 0.6 is 0 Å². The van der Waals surface area contributed by atoms with Crippen molar-refractivity contribution in [2.45, 2.75) is 11.8 Å². The maximum atomic E-state index is 13.8. The highest BCUT2D eigenvalue weighted by atomic mass is 32.2. The summed E-state index contributed by atoms with van der Waals surface area (Å²) in [6.45, 7) is 1.91. The average Bonchev–Trinajstić information content (AvgIpc) is 3.36. The Morgan fingerprint density at radius 1 is 1.03 bits per heavy atom. The van der Waals surface area contributed by atoms with Crippen molar-refractivity contribution < 1.29 is 17.9 Å². The second kappa shape index (κ2) is 7.60. The average molecular weight is 460 g/mol. The molecular weight excluding hydrogens is 438 g/mol. The Hall–Kier alpha value is -3.91. The Morgan fingerprint density at radius 2 is 1.79 bits per heavy atom. The molecule has 7 nitrogen and oxygen atoms in total. The fourth-order valence-corrected chi connectivity index (χ4v) is 5.58. The molecule has 0 saturated heterocycles. The number of rotatable bonds is 4. The molecule has 33 heavy (non-hydrogen) atoms. The molecule has 0 radical (unpaired) electrons. The molecule has 0 aliphatic rings. The van der Waals surface area contributed by atoms with E-state index in [0.717, 1.165) is 16.5 Å². The van der Waals surface area contributed by atoms with Gasteiger partial charge in [-0.1, -0.05) is 17.7 Å². The topological polar surface area (TPSA) is 83.2 Å². The third-order valence-electron chi connectivity index (χ3n) is 5.77. The Bertz CT molecular complexity index is 1640. The SMILES string of the molecule is COC(=O)c1ccc2c(c1)c(-c1cc3cccnc3n1S(=O)(=O)c1ccc(C)cc1)cn2C. The fraction of sp³-hybridized carbons (Fsp3) is 0.120. The Kier molecular flexibility index (Phi) is 4.83. The predicted octanol–water partition coefficient (Wildman–Crippen LogP) is 4.53. The molecule has 0 fully saturated rings. The van der Waals surface area contributed by atoms with E-state index in [1.165, 1.54) is 11.1 Å². The number of carbonyl (C=O) groups is 1. The van der Waals surface area contributed by atoms with Crippen LogP contribution in [0.5, 0.6) is 0 Å². The highest BCUT2D eigenvalue weighted by Crippen LogP contribution is 2.36. The van der Waals surface area contributed by atoms with E-state index in [4.69, 9.17) is 4.74 Å². The number of pyridine rings is 1. The largest absolute Gasteiger partial charge is 0.465 e. The first kappa shape index (κ1) is 21.0. The summed E-state index contributed by atoms with van der Waals surface area (Å²) in [5.41, 5.74) is 3.70. The summed E-state index contributed by atoms with van der Waals surface area (Å²) in [7, 11) is -0.747. The molecule has 0 bridgehead atoms. The maximum Gasteiger partial charge on any atom is 0.337 e. The number of hydrogen-bond acceptors (Lipinski definition) is 5. The van der Waals surface area contributed by atoms with Crippen LogP contribution in [0.25, 0.3) is 33.2 Å². The number of benzene rings is 2. The van der Waals surface area contributed by atoms with Gasteiger partial charge in [0.1, 0.15) is 0 Å². The van der Waals surface area contributed by atoms with Crippen molar-refractivity contribution in [2.24, 2.45) is 7.05 Å². The van der Waals surface area contributed by atoms with E-state index < -0.39 is 16.0 Å². The van der Waals surface area contributed by atoms with Gasteiger partial charge >= 0.3 is 5.97 Å². The van der Waals surface area contributed by atoms with Gasteiger partial charge in [-0.15, -0.1) is 0 Å². The molecule has 0 N–H and O–H groups in total. The summed E-state index contributed by atoms with van der Waals surface area (Å²) >= 11 is 0. The molecule has 0 amide bonds. The summed E-state index contributed by atoms with van der Waals surface area (Å²) in [4.78, 5) is 16.7. The number of carbonyl (C=O) groups excluding carboxylic acids is 1. The van der Waals surface area contributed by atoms with Gasteiger partial charge in [0.15, 0.2) is 5.65 Å². The molecule has 5 aromatic rings. The second-order valence-electron chi connectivity index (χ2n) is 7.91. The lowest BCUT2D eigenvalue weighted by Gasteiger charge is -2.11. The van der Waals surface area contributed by atoms with Gasteiger partial charge in [-0.05, 0) is 55.5 Å². The third kappa shape index (κ3) is 3.30. The molecule has 0 unspecified atom stereocenters. The van der Waals surface area contributed by atoms with Crippen molar-refractivity contribution >= 4 is 37.9 Å². The van der Waals surface area contributed by atoms with E-state index in [1.807, 2.05) is 42.9 Å². The van der Waals surface area contributed by atoms with Crippen LogP contribution in [0.4, 0.5) is 0 Å². The quantitative estimate of drug-likeness (QED) is 0.369. The van der Waals surface area contributed by atoms with Crippen molar-refractivity contribution in [3.05, 3.63) is 84.2 Å². The number of fused-ring (bicyclic) bond motifs is 2. The van der Waals surface area contributed by atoms with Crippen LogP contribution in [0.3, 0.4) is 0 Å². The summed E-state index contributed by atoms with van der Waals surface area (Å²) < 4.78 is 35.7. The number of methoxy groups -OCH3 is 1. The molecule has 0 spiro atoms. The number of hydrogen-bond donors (Lipinski definition) is 0. The van der Waals surface area contributed by atoms with E-state index in [0.29, 0.717) is 27.9 Å². The Balaban J connectivity index is 1.84. The molecule has 2 aromatic carbocycles. The van der Waals surface area contributed by atoms with Crippen LogP contribution < -0.4 is 0 Å². The van der Waals surface area contributed by atoms with Crippen LogP contribution in [-0.4, -0.2) is 35.0 Å². The summed E-state index contributed by atoms with van der Waals surface area (Å²) in [6.07, 6.45) is 3.44. The molecular formula is C25H21N3O4S. The minimum atomic E-state index is -3.96. The normalized spacial score (nSPS) is 11.8. The van der Waals surface area contributed by atoms with Gasteiger partial charge in [0.25, 0.3) is 10.0 Å². The number of nitrogens with zero attached hydrogens (tertiary/aromatic N) is 3. The van der Waals surface area contributed by atoms with Crippen LogP contribution in [0, 0.1) is 6.92 Å². The van der Waals surface area contributed by atoms with E-state index in [9.17, 15) is 13.2 Å². The molecule has 3 heterocycles. The first-order valence-electron chi connectivity index (χ1n) is 10.3. The highest BCUT2D eigenvalue weighted by Gasteiger charge is 2.26. The predicted molar refractivity (Wildman–Crippen MR) is 127 cm³/mol. The van der Waals surface area contributed by atoms with Crippen LogP contribution in [0.1, 0.15) is 15.9 Å². The number of aryl methyl sites for hydroxylation is 2. The summed E-state index contributed by atoms with van der Waals surface area (Å²) in [5.74, 6) is -0.457. The lowest BCUT2D eigenvalue weighted by molar-refractivity contribution is 0.0601. The summed E-state index contributed by atoms with van der Waals surface area (Å²) in [6, 6.07) is 17.4. The van der Waals surface area contributed by atoms with Gasteiger partial charge in [-0.3, -0.25) is 0 Å². The highest BCUT2D eigenvalue weighted by molar-refractivity contribution is 7.90. The van der Waals surface area contributed by atoms with Crippen LogP contribution in [0.15, 0.2) is 78.0 Å². The Labute approximate surface area is 190 Å². The number of esters is 1. The molecule has 3 aromatic heterocycles. The lowest BCUT2D eigenvalue weighted by Crippen LogP contribution is -2.14. The standard InChI is InChI=1S/C25H21N3O4S/c1-16-6-9-19(10-7-16)33(30,31)28-23(14-17-5-4-12-26-24(17)28)21-15-27(2)22-11-8-18(13-20(21)22)25(29)32-3/h4-15H,1-3H3. The molecule has 166 valence electrons. The first-order valence-corrected chi connectivity index (χ1v) is 11.7. The molecule has 5 rings (SSSR count). The molecule has 0 atom stereocenters. The number of aromatic nitrogens is 3. The molecule has 0 aliphatic carbocycles. The fourth-order valence-electron chi connectivity index (χ4n) is 4.10. The monoisotopic (exact) mass is 459 g/mol. The van der Waals surface area contributed by atoms with E-state index >= 15 is 0 Å². The van der Waals surface area contributed by atoms with Crippen molar-refractivity contribution in [3.8, 4) is 11.3 Å². The molecule has 0 saturated carbocycles. The van der Waals surface area contributed by atoms with E-state index in [2.05, 4.69) is 4.98 Å². The van der Waals surface area contributed by atoms with Gasteiger partial charge in [0, 0.05) is 41.3 Å². The van der Waals surface area contributed by atoms with Crippen molar-refractivity contribution in [3.63, 3.8) is 0 Å². The maximum absolute atomic E-state index is 13.8. The van der Waals surface area contributed by atoms with Gasteiger partial charge < -0.3 is 9.30 Å². The Morgan fingerprint density at radius 3 is 2.52 bits per heavy atom.